The van der Waals surface area contributed by atoms with E-state index in [9.17, 15) is 9.18 Å². The van der Waals surface area contributed by atoms with E-state index in [0.29, 0.717) is 35.5 Å². The van der Waals surface area contributed by atoms with Crippen molar-refractivity contribution in [1.29, 1.82) is 0 Å². The van der Waals surface area contributed by atoms with Crippen molar-refractivity contribution in [2.75, 3.05) is 6.79 Å². The molecule has 0 radical (unpaired) electrons. The van der Waals surface area contributed by atoms with E-state index in [2.05, 4.69) is 10.3 Å². The van der Waals surface area contributed by atoms with E-state index >= 15 is 0 Å². The maximum absolute atomic E-state index is 13.7. The van der Waals surface area contributed by atoms with Gasteiger partial charge in [-0.15, -0.1) is 0 Å². The number of carbonyl (C=O) groups excluding carboxylic acids is 1. The van der Waals surface area contributed by atoms with Crippen LogP contribution in [0.15, 0.2) is 30.6 Å². The van der Waals surface area contributed by atoms with Crippen molar-refractivity contribution >= 4 is 5.91 Å². The number of hydrogen-bond donors (Lipinski definition) is 1. The molecule has 0 saturated heterocycles. The molecule has 6 heteroatoms. The van der Waals surface area contributed by atoms with Gasteiger partial charge in [0.1, 0.15) is 11.6 Å². The topological polar surface area (TPSA) is 60.5 Å². The maximum Gasteiger partial charge on any atom is 0.251 e. The average molecular weight is 316 g/mol. The Kier molecular flexibility index (Phi) is 4.52. The maximum atomic E-state index is 13.7. The monoisotopic (exact) mass is 316 g/mol. The van der Waals surface area contributed by atoms with Crippen molar-refractivity contribution in [3.63, 3.8) is 0 Å². The van der Waals surface area contributed by atoms with Crippen molar-refractivity contribution < 1.29 is 18.7 Å². The molecule has 23 heavy (non-hydrogen) atoms. The first-order valence-electron chi connectivity index (χ1n) is 7.42. The zero-order chi connectivity index (χ0) is 16.2. The molecule has 1 amide bonds. The van der Waals surface area contributed by atoms with E-state index in [1.165, 1.54) is 12.1 Å². The number of halogens is 1. The lowest BCUT2D eigenvalue weighted by molar-refractivity contribution is -0.0173. The Bertz CT molecular complexity index is 734. The van der Waals surface area contributed by atoms with Crippen LogP contribution in [0.3, 0.4) is 0 Å². The van der Waals surface area contributed by atoms with Gasteiger partial charge < -0.3 is 14.8 Å². The Hall–Kier alpha value is -2.47. The van der Waals surface area contributed by atoms with Gasteiger partial charge >= 0.3 is 0 Å². The molecule has 0 spiro atoms. The summed E-state index contributed by atoms with van der Waals surface area (Å²) in [4.78, 5) is 16.4. The number of hydrogen-bond acceptors (Lipinski definition) is 4. The summed E-state index contributed by atoms with van der Waals surface area (Å²) < 4.78 is 24.3. The van der Waals surface area contributed by atoms with Crippen LogP contribution in [0.4, 0.5) is 4.39 Å². The van der Waals surface area contributed by atoms with E-state index in [0.717, 1.165) is 5.56 Å². The molecule has 3 rings (SSSR count). The predicted molar refractivity (Wildman–Crippen MR) is 81.5 cm³/mol. The minimum Gasteiger partial charge on any atom is -0.467 e. The Balaban J connectivity index is 1.78. The SMILES string of the molecule is CCc1cnccc1C(=O)NCc1cc(F)cc2c1OCOC2. The Morgan fingerprint density at radius 3 is 3.09 bits per heavy atom. The highest BCUT2D eigenvalue weighted by molar-refractivity contribution is 5.95. The number of rotatable bonds is 4. The number of nitrogens with zero attached hydrogens (tertiary/aromatic N) is 1. The number of ether oxygens (including phenoxy) is 2. The molecule has 0 atom stereocenters. The van der Waals surface area contributed by atoms with Crippen LogP contribution in [0.25, 0.3) is 0 Å². The van der Waals surface area contributed by atoms with E-state index in [1.54, 1.807) is 18.5 Å². The van der Waals surface area contributed by atoms with Crippen molar-refractivity contribution in [3.05, 3.63) is 58.7 Å². The molecule has 0 unspecified atom stereocenters. The first-order chi connectivity index (χ1) is 11.2. The lowest BCUT2D eigenvalue weighted by atomic mass is 10.1. The van der Waals surface area contributed by atoms with Crippen LogP contribution in [0, 0.1) is 5.82 Å². The zero-order valence-electron chi connectivity index (χ0n) is 12.8. The van der Waals surface area contributed by atoms with Gasteiger partial charge in [-0.25, -0.2) is 4.39 Å². The number of pyridine rings is 1. The van der Waals surface area contributed by atoms with E-state index in [4.69, 9.17) is 9.47 Å². The predicted octanol–water partition coefficient (Wildman–Crippen LogP) is 2.58. The number of benzene rings is 1. The van der Waals surface area contributed by atoms with Crippen molar-refractivity contribution in [2.24, 2.45) is 0 Å². The minimum absolute atomic E-state index is 0.129. The zero-order valence-corrected chi connectivity index (χ0v) is 12.8. The van der Waals surface area contributed by atoms with Crippen LogP contribution < -0.4 is 10.1 Å². The molecule has 1 N–H and O–H groups in total. The number of carbonyl (C=O) groups is 1. The van der Waals surface area contributed by atoms with E-state index in [1.807, 2.05) is 6.92 Å². The third-order valence-electron chi connectivity index (χ3n) is 3.72. The fourth-order valence-corrected chi connectivity index (χ4v) is 2.59. The van der Waals surface area contributed by atoms with Crippen LogP contribution in [-0.4, -0.2) is 17.7 Å². The van der Waals surface area contributed by atoms with Crippen molar-refractivity contribution in [3.8, 4) is 5.75 Å². The van der Waals surface area contributed by atoms with Gasteiger partial charge in [-0.3, -0.25) is 9.78 Å². The van der Waals surface area contributed by atoms with Crippen LogP contribution >= 0.6 is 0 Å². The summed E-state index contributed by atoms with van der Waals surface area (Å²) in [6.45, 7) is 2.58. The minimum atomic E-state index is -0.375. The average Bonchev–Trinajstić information content (AvgIpc) is 2.59. The highest BCUT2D eigenvalue weighted by Gasteiger charge is 2.18. The van der Waals surface area contributed by atoms with Crippen molar-refractivity contribution in [2.45, 2.75) is 26.5 Å². The highest BCUT2D eigenvalue weighted by atomic mass is 19.1. The summed E-state index contributed by atoms with van der Waals surface area (Å²) in [6.07, 6.45) is 3.98. The van der Waals surface area contributed by atoms with Gasteiger partial charge in [-0.05, 0) is 30.2 Å². The highest BCUT2D eigenvalue weighted by Crippen LogP contribution is 2.29. The summed E-state index contributed by atoms with van der Waals surface area (Å²) in [5, 5.41) is 2.81. The summed E-state index contributed by atoms with van der Waals surface area (Å²) >= 11 is 0. The number of aryl methyl sites for hydroxylation is 1. The first kappa shape index (κ1) is 15.4. The van der Waals surface area contributed by atoms with Crippen LogP contribution in [0.1, 0.15) is 34.0 Å². The molecule has 1 aliphatic heterocycles. The van der Waals surface area contributed by atoms with Gasteiger partial charge in [0.2, 0.25) is 0 Å². The third-order valence-corrected chi connectivity index (χ3v) is 3.72. The van der Waals surface area contributed by atoms with Crippen LogP contribution in [0.2, 0.25) is 0 Å². The van der Waals surface area contributed by atoms with Gasteiger partial charge in [0, 0.05) is 35.6 Å². The molecule has 5 nitrogen and oxygen atoms in total. The Labute approximate surface area is 133 Å². The van der Waals surface area contributed by atoms with Gasteiger partial charge in [-0.1, -0.05) is 6.92 Å². The number of fused-ring (bicyclic) bond motifs is 1. The quantitative estimate of drug-likeness (QED) is 0.942. The molecule has 1 aliphatic rings. The van der Waals surface area contributed by atoms with E-state index in [-0.39, 0.29) is 25.1 Å². The number of aromatic nitrogens is 1. The third kappa shape index (κ3) is 3.32. The fourth-order valence-electron chi connectivity index (χ4n) is 2.59. The number of nitrogens with one attached hydrogen (secondary N) is 1. The second kappa shape index (κ2) is 6.75. The molecule has 120 valence electrons. The second-order valence-electron chi connectivity index (χ2n) is 5.23. The van der Waals surface area contributed by atoms with Gasteiger partial charge in [-0.2, -0.15) is 0 Å². The number of amides is 1. The molecule has 2 aromatic rings. The Morgan fingerprint density at radius 1 is 1.39 bits per heavy atom. The van der Waals surface area contributed by atoms with Gasteiger partial charge in [0.25, 0.3) is 5.91 Å². The standard InChI is InChI=1S/C17H17FN2O3/c1-2-11-7-19-4-3-15(11)17(21)20-8-12-5-14(18)6-13-9-22-10-23-16(12)13/h3-7H,2,8-10H2,1H3,(H,20,21). The lowest BCUT2D eigenvalue weighted by Gasteiger charge is -2.21. The largest absolute Gasteiger partial charge is 0.467 e. The summed E-state index contributed by atoms with van der Waals surface area (Å²) in [5.41, 5.74) is 2.70. The molecule has 1 aromatic heterocycles. The molecular weight excluding hydrogens is 299 g/mol. The first-order valence-corrected chi connectivity index (χ1v) is 7.42. The van der Waals surface area contributed by atoms with Crippen LogP contribution in [0.5, 0.6) is 5.75 Å². The molecule has 1 aromatic carbocycles. The molecule has 0 fully saturated rings. The van der Waals surface area contributed by atoms with Crippen molar-refractivity contribution in [1.82, 2.24) is 10.3 Å². The van der Waals surface area contributed by atoms with Crippen LogP contribution in [-0.2, 0) is 24.3 Å². The molecular formula is C17H17FN2O3. The normalized spacial score (nSPS) is 13.1. The fraction of sp³-hybridized carbons (Fsp3) is 0.294. The second-order valence-corrected chi connectivity index (χ2v) is 5.23. The smallest absolute Gasteiger partial charge is 0.251 e. The summed E-state index contributed by atoms with van der Waals surface area (Å²) in [5.74, 6) is -0.00188. The van der Waals surface area contributed by atoms with E-state index < -0.39 is 0 Å². The summed E-state index contributed by atoms with van der Waals surface area (Å²) in [7, 11) is 0. The molecule has 0 bridgehead atoms. The molecule has 2 heterocycles. The van der Waals surface area contributed by atoms with Gasteiger partial charge in [0.15, 0.2) is 6.79 Å². The summed E-state index contributed by atoms with van der Waals surface area (Å²) in [6, 6.07) is 4.44. The molecule has 0 saturated carbocycles. The molecule has 0 aliphatic carbocycles. The lowest BCUT2D eigenvalue weighted by Crippen LogP contribution is -2.25. The Morgan fingerprint density at radius 2 is 2.26 bits per heavy atom. The van der Waals surface area contributed by atoms with Gasteiger partial charge in [0.05, 0.1) is 6.61 Å².